The molecule has 0 unspecified atom stereocenters. The van der Waals surface area contributed by atoms with Crippen molar-refractivity contribution in [2.45, 2.75) is 13.1 Å². The van der Waals surface area contributed by atoms with Gasteiger partial charge in [0.1, 0.15) is 0 Å². The van der Waals surface area contributed by atoms with E-state index in [1.54, 1.807) is 0 Å². The van der Waals surface area contributed by atoms with Crippen molar-refractivity contribution >= 4 is 31.9 Å². The van der Waals surface area contributed by atoms with Crippen LogP contribution < -0.4 is 17.0 Å². The van der Waals surface area contributed by atoms with E-state index < -0.39 is 0 Å². The predicted octanol–water partition coefficient (Wildman–Crippen LogP) is 1.96. The molecule has 0 N–H and O–H groups in total. The van der Waals surface area contributed by atoms with Crippen LogP contribution in [0.4, 0.5) is 0 Å². The van der Waals surface area contributed by atoms with Crippen LogP contribution in [0.5, 0.6) is 0 Å². The van der Waals surface area contributed by atoms with Gasteiger partial charge in [-0.1, -0.05) is 56.1 Å². The van der Waals surface area contributed by atoms with Crippen molar-refractivity contribution in [3.63, 3.8) is 0 Å². The minimum absolute atomic E-state index is 0. The first kappa shape index (κ1) is 17.6. The van der Waals surface area contributed by atoms with Crippen molar-refractivity contribution in [1.82, 2.24) is 9.80 Å². The van der Waals surface area contributed by atoms with E-state index in [1.807, 2.05) is 0 Å². The summed E-state index contributed by atoms with van der Waals surface area (Å²) in [5, 5.41) is 0. The Balaban J connectivity index is 0.00000176. The van der Waals surface area contributed by atoms with Crippen LogP contribution in [0.25, 0.3) is 0 Å². The van der Waals surface area contributed by atoms with Crippen LogP contribution in [-0.4, -0.2) is 16.5 Å². The molecule has 1 aliphatic heterocycles. The van der Waals surface area contributed by atoms with E-state index in [2.05, 4.69) is 103 Å². The second-order valence-corrected chi connectivity index (χ2v) is 7.02. The molecule has 5 heteroatoms. The number of hydrogen-bond donors (Lipinski definition) is 0. The summed E-state index contributed by atoms with van der Waals surface area (Å²) in [6.45, 7) is 2.80. The molecule has 0 saturated carbocycles. The summed E-state index contributed by atoms with van der Waals surface area (Å²) in [5.41, 5.74) is 2.64. The van der Waals surface area contributed by atoms with Gasteiger partial charge in [0.15, 0.2) is 0 Å². The fourth-order valence-electron chi connectivity index (χ4n) is 2.46. The van der Waals surface area contributed by atoms with E-state index >= 15 is 0 Å². The Morgan fingerprint density at radius 3 is 1.64 bits per heavy atom. The smallest absolute Gasteiger partial charge is 0.0900 e. The van der Waals surface area contributed by atoms with Crippen LogP contribution in [-0.2, 0) is 13.1 Å². The topological polar surface area (TPSA) is 6.48 Å². The molecule has 0 bridgehead atoms. The Bertz CT molecular complexity index is 602. The molecule has 0 fully saturated rings. The van der Waals surface area contributed by atoms with Gasteiger partial charge in [0, 0.05) is 34.4 Å². The average molecular weight is 488 g/mol. The van der Waals surface area contributed by atoms with E-state index in [9.17, 15) is 0 Å². The lowest BCUT2D eigenvalue weighted by Crippen LogP contribution is -3.00. The largest absolute Gasteiger partial charge is 1.00 e. The Morgan fingerprint density at radius 1 is 0.773 bits per heavy atom. The molecule has 0 spiro atoms. The highest BCUT2D eigenvalue weighted by Crippen LogP contribution is 2.19. The third-order valence-electron chi connectivity index (χ3n) is 3.40. The highest BCUT2D eigenvalue weighted by Gasteiger charge is 2.13. The van der Waals surface area contributed by atoms with Crippen LogP contribution in [0.15, 0.2) is 69.9 Å². The Labute approximate surface area is 158 Å². The maximum absolute atomic E-state index is 3.52. The fraction of sp³-hybridized carbons (Fsp3) is 0.176. The van der Waals surface area contributed by atoms with Crippen LogP contribution >= 0.6 is 31.9 Å². The van der Waals surface area contributed by atoms with E-state index in [1.165, 1.54) is 11.1 Å². The highest BCUT2D eigenvalue weighted by atomic mass is 79.9. The van der Waals surface area contributed by atoms with Crippen molar-refractivity contribution in [1.29, 1.82) is 0 Å². The molecule has 0 aromatic heterocycles. The van der Waals surface area contributed by atoms with Gasteiger partial charge in [-0.05, 0) is 35.4 Å². The van der Waals surface area contributed by atoms with Crippen LogP contribution in [0.2, 0.25) is 0 Å². The van der Waals surface area contributed by atoms with E-state index in [0.29, 0.717) is 0 Å². The standard InChI is InChI=1S/C17H16Br2N2.BrH/c18-16-5-1-3-14(9-16)11-20-7-8-21(13-20)12-15-4-2-6-17(19)10-15;/h1-10H,11-13H2;1H/p-1. The lowest BCUT2D eigenvalue weighted by Gasteiger charge is -2.21. The molecule has 0 amide bonds. The molecule has 3 rings (SSSR count). The highest BCUT2D eigenvalue weighted by molar-refractivity contribution is 9.10. The summed E-state index contributed by atoms with van der Waals surface area (Å²) in [5.74, 6) is 0. The zero-order valence-electron chi connectivity index (χ0n) is 11.9. The average Bonchev–Trinajstić information content (AvgIpc) is 2.86. The summed E-state index contributed by atoms with van der Waals surface area (Å²) in [4.78, 5) is 4.64. The lowest BCUT2D eigenvalue weighted by atomic mass is 10.2. The normalized spacial score (nSPS) is 13.4. The molecule has 1 aliphatic rings. The summed E-state index contributed by atoms with van der Waals surface area (Å²) >= 11 is 7.05. The van der Waals surface area contributed by atoms with Crippen molar-refractivity contribution in [3.8, 4) is 0 Å². The quantitative estimate of drug-likeness (QED) is 0.650. The molecule has 2 aromatic carbocycles. The van der Waals surface area contributed by atoms with Gasteiger partial charge < -0.3 is 26.8 Å². The van der Waals surface area contributed by atoms with E-state index in [0.717, 1.165) is 28.7 Å². The molecule has 2 nitrogen and oxygen atoms in total. The molecular weight excluding hydrogens is 472 g/mol. The van der Waals surface area contributed by atoms with Crippen LogP contribution in [0, 0.1) is 0 Å². The second-order valence-electron chi connectivity index (χ2n) is 5.19. The summed E-state index contributed by atoms with van der Waals surface area (Å²) < 4.78 is 2.27. The third kappa shape index (κ3) is 4.86. The molecule has 1 heterocycles. The van der Waals surface area contributed by atoms with Gasteiger partial charge in [-0.3, -0.25) is 0 Å². The molecule has 0 radical (unpaired) electrons. The summed E-state index contributed by atoms with van der Waals surface area (Å²) in [7, 11) is 0. The van der Waals surface area contributed by atoms with Crippen LogP contribution in [0.3, 0.4) is 0 Å². The van der Waals surface area contributed by atoms with Gasteiger partial charge >= 0.3 is 0 Å². The molecule has 116 valence electrons. The first-order chi connectivity index (χ1) is 10.2. The van der Waals surface area contributed by atoms with Crippen molar-refractivity contribution in [2.75, 3.05) is 6.67 Å². The van der Waals surface area contributed by atoms with E-state index in [4.69, 9.17) is 0 Å². The number of nitrogens with zero attached hydrogens (tertiary/aromatic N) is 2. The Morgan fingerprint density at radius 2 is 1.23 bits per heavy atom. The van der Waals surface area contributed by atoms with Gasteiger partial charge in [-0.25, -0.2) is 0 Å². The van der Waals surface area contributed by atoms with E-state index in [-0.39, 0.29) is 17.0 Å². The zero-order valence-corrected chi connectivity index (χ0v) is 16.7. The van der Waals surface area contributed by atoms with Crippen molar-refractivity contribution in [3.05, 3.63) is 81.0 Å². The first-order valence-corrected chi connectivity index (χ1v) is 8.43. The molecule has 2 aromatic rings. The molecule has 22 heavy (non-hydrogen) atoms. The lowest BCUT2D eigenvalue weighted by molar-refractivity contribution is -0.00000399. The van der Waals surface area contributed by atoms with Gasteiger partial charge in [0.05, 0.1) is 6.67 Å². The third-order valence-corrected chi connectivity index (χ3v) is 4.39. The number of benzene rings is 2. The van der Waals surface area contributed by atoms with Gasteiger partial charge in [0.2, 0.25) is 0 Å². The number of halogens is 3. The molecular formula is C17H16Br3N2-. The van der Waals surface area contributed by atoms with Crippen molar-refractivity contribution in [2.24, 2.45) is 0 Å². The number of rotatable bonds is 4. The summed E-state index contributed by atoms with van der Waals surface area (Å²) in [6, 6.07) is 16.9. The van der Waals surface area contributed by atoms with Crippen molar-refractivity contribution < 1.29 is 17.0 Å². The Kier molecular flexibility index (Phi) is 6.53. The molecule has 0 aliphatic carbocycles. The maximum Gasteiger partial charge on any atom is 0.0900 e. The maximum atomic E-state index is 3.52. The zero-order chi connectivity index (χ0) is 14.7. The molecule has 0 atom stereocenters. The number of hydrogen-bond acceptors (Lipinski definition) is 2. The SMILES string of the molecule is Brc1cccc(CN2C=CN(Cc3cccc(Br)c3)C2)c1.[Br-]. The minimum Gasteiger partial charge on any atom is -1.00 e. The Hall–Kier alpha value is -0.780. The summed E-state index contributed by atoms with van der Waals surface area (Å²) in [6.07, 6.45) is 4.33. The first-order valence-electron chi connectivity index (χ1n) is 6.84. The minimum atomic E-state index is 0. The van der Waals surface area contributed by atoms with Crippen LogP contribution in [0.1, 0.15) is 11.1 Å². The predicted molar refractivity (Wildman–Crippen MR) is 93.4 cm³/mol. The van der Waals surface area contributed by atoms with Gasteiger partial charge in [0.25, 0.3) is 0 Å². The van der Waals surface area contributed by atoms with Gasteiger partial charge in [-0.2, -0.15) is 0 Å². The van der Waals surface area contributed by atoms with Gasteiger partial charge in [-0.15, -0.1) is 0 Å². The fourth-order valence-corrected chi connectivity index (χ4v) is 3.35. The molecule has 0 saturated heterocycles. The monoisotopic (exact) mass is 485 g/mol. The second kappa shape index (κ2) is 8.18.